The fourth-order valence-electron chi connectivity index (χ4n) is 3.26. The summed E-state index contributed by atoms with van der Waals surface area (Å²) >= 11 is 1.73. The largest absolute Gasteiger partial charge is 0.466 e. The first-order valence-electron chi connectivity index (χ1n) is 8.83. The fraction of sp³-hybridized carbons (Fsp3) is 0.474. The third-order valence-corrected chi connectivity index (χ3v) is 5.57. The summed E-state index contributed by atoms with van der Waals surface area (Å²) in [7, 11) is 0. The maximum atomic E-state index is 12.4. The van der Waals surface area contributed by atoms with E-state index in [4.69, 9.17) is 4.74 Å². The number of hydrogen-bond donors (Lipinski definition) is 1. The van der Waals surface area contributed by atoms with Gasteiger partial charge in [-0.25, -0.2) is 4.79 Å². The quantitative estimate of drug-likeness (QED) is 0.831. The Morgan fingerprint density at radius 3 is 3.04 bits per heavy atom. The van der Waals surface area contributed by atoms with Crippen LogP contribution in [0.4, 0.5) is 4.79 Å². The Balaban J connectivity index is 1.49. The van der Waals surface area contributed by atoms with Gasteiger partial charge in [-0.05, 0) is 48.6 Å². The maximum Gasteiger partial charge on any atom is 0.317 e. The fourth-order valence-corrected chi connectivity index (χ4v) is 4.25. The number of nitrogens with one attached hydrogen (secondary N) is 1. The van der Waals surface area contributed by atoms with Crippen LogP contribution in [0.1, 0.15) is 25.3 Å². The number of benzene rings is 1. The molecule has 1 aliphatic rings. The van der Waals surface area contributed by atoms with E-state index in [1.165, 1.54) is 15.6 Å². The second kappa shape index (κ2) is 8.34. The van der Waals surface area contributed by atoms with E-state index in [2.05, 4.69) is 22.8 Å². The number of piperidine rings is 1. The van der Waals surface area contributed by atoms with E-state index in [1.807, 2.05) is 12.1 Å². The molecule has 2 amide bonds. The second-order valence-electron chi connectivity index (χ2n) is 6.28. The molecule has 6 heteroatoms. The van der Waals surface area contributed by atoms with E-state index in [0.29, 0.717) is 26.2 Å². The van der Waals surface area contributed by atoms with E-state index in [1.54, 1.807) is 23.2 Å². The van der Waals surface area contributed by atoms with Crippen LogP contribution < -0.4 is 5.32 Å². The SMILES string of the molecule is CCOC(=O)C1CCCN(C(=O)NCCc2csc3ccccc23)C1. The lowest BCUT2D eigenvalue weighted by Gasteiger charge is -2.31. The summed E-state index contributed by atoms with van der Waals surface area (Å²) in [4.78, 5) is 26.0. The molecule has 1 aromatic heterocycles. The van der Waals surface area contributed by atoms with Gasteiger partial charge < -0.3 is 15.0 Å². The molecule has 25 heavy (non-hydrogen) atoms. The molecule has 0 spiro atoms. The van der Waals surface area contributed by atoms with Crippen molar-refractivity contribution in [2.24, 2.45) is 5.92 Å². The summed E-state index contributed by atoms with van der Waals surface area (Å²) in [5.41, 5.74) is 1.27. The van der Waals surface area contributed by atoms with Crippen molar-refractivity contribution in [3.63, 3.8) is 0 Å². The zero-order valence-electron chi connectivity index (χ0n) is 14.5. The van der Waals surface area contributed by atoms with Crippen LogP contribution in [0.25, 0.3) is 10.1 Å². The highest BCUT2D eigenvalue weighted by Gasteiger charge is 2.29. The summed E-state index contributed by atoms with van der Waals surface area (Å²) in [6.07, 6.45) is 2.44. The number of urea groups is 1. The number of amides is 2. The van der Waals surface area contributed by atoms with Gasteiger partial charge >= 0.3 is 12.0 Å². The number of carbonyl (C=O) groups is 2. The van der Waals surface area contributed by atoms with Crippen LogP contribution in [0.3, 0.4) is 0 Å². The highest BCUT2D eigenvalue weighted by atomic mass is 32.1. The van der Waals surface area contributed by atoms with Crippen molar-refractivity contribution in [3.8, 4) is 0 Å². The number of rotatable bonds is 5. The van der Waals surface area contributed by atoms with Gasteiger partial charge in [0.2, 0.25) is 0 Å². The molecule has 3 rings (SSSR count). The Kier molecular flexibility index (Phi) is 5.91. The van der Waals surface area contributed by atoms with Gasteiger partial charge in [0.25, 0.3) is 0 Å². The normalized spacial score (nSPS) is 17.5. The van der Waals surface area contributed by atoms with Crippen LogP contribution in [-0.2, 0) is 16.0 Å². The smallest absolute Gasteiger partial charge is 0.317 e. The van der Waals surface area contributed by atoms with Crippen molar-refractivity contribution in [2.75, 3.05) is 26.2 Å². The molecule has 0 bridgehead atoms. The molecule has 1 fully saturated rings. The van der Waals surface area contributed by atoms with E-state index >= 15 is 0 Å². The molecule has 5 nitrogen and oxygen atoms in total. The zero-order valence-corrected chi connectivity index (χ0v) is 15.3. The molecular weight excluding hydrogens is 336 g/mol. The number of esters is 1. The van der Waals surface area contributed by atoms with Crippen molar-refractivity contribution in [3.05, 3.63) is 35.2 Å². The molecule has 134 valence electrons. The third kappa shape index (κ3) is 4.31. The predicted molar refractivity (Wildman–Crippen MR) is 99.9 cm³/mol. The lowest BCUT2D eigenvalue weighted by molar-refractivity contribution is -0.149. The first-order valence-corrected chi connectivity index (χ1v) is 9.71. The molecule has 1 unspecified atom stereocenters. The molecule has 1 N–H and O–H groups in total. The van der Waals surface area contributed by atoms with Crippen LogP contribution in [0.15, 0.2) is 29.6 Å². The van der Waals surface area contributed by atoms with Crippen LogP contribution in [0.5, 0.6) is 0 Å². The van der Waals surface area contributed by atoms with Gasteiger partial charge in [-0.2, -0.15) is 0 Å². The van der Waals surface area contributed by atoms with Crippen molar-refractivity contribution < 1.29 is 14.3 Å². The predicted octanol–water partition coefficient (Wildman–Crippen LogP) is 3.43. The number of likely N-dealkylation sites (tertiary alicyclic amines) is 1. The first-order chi connectivity index (χ1) is 12.2. The summed E-state index contributed by atoms with van der Waals surface area (Å²) < 4.78 is 6.36. The van der Waals surface area contributed by atoms with Crippen LogP contribution in [0, 0.1) is 5.92 Å². The van der Waals surface area contributed by atoms with E-state index < -0.39 is 0 Å². The minimum atomic E-state index is -0.194. The number of thiophene rings is 1. The van der Waals surface area contributed by atoms with Gasteiger partial charge in [-0.15, -0.1) is 11.3 Å². The Morgan fingerprint density at radius 2 is 2.20 bits per heavy atom. The first kappa shape index (κ1) is 17.7. The van der Waals surface area contributed by atoms with Crippen LogP contribution in [0.2, 0.25) is 0 Å². The molecule has 1 aliphatic heterocycles. The van der Waals surface area contributed by atoms with E-state index in [-0.39, 0.29) is 17.9 Å². The molecule has 0 saturated carbocycles. The molecule has 1 atom stereocenters. The maximum absolute atomic E-state index is 12.4. The van der Waals surface area contributed by atoms with Crippen molar-refractivity contribution in [2.45, 2.75) is 26.2 Å². The van der Waals surface area contributed by atoms with Gasteiger partial charge in [0, 0.05) is 24.3 Å². The summed E-state index contributed by atoms with van der Waals surface area (Å²) in [5, 5.41) is 6.41. The van der Waals surface area contributed by atoms with Crippen LogP contribution in [-0.4, -0.2) is 43.1 Å². The monoisotopic (exact) mass is 360 g/mol. The average Bonchev–Trinajstić information content (AvgIpc) is 3.05. The molecule has 2 heterocycles. The van der Waals surface area contributed by atoms with Crippen molar-refractivity contribution in [1.29, 1.82) is 0 Å². The minimum Gasteiger partial charge on any atom is -0.466 e. The average molecular weight is 360 g/mol. The van der Waals surface area contributed by atoms with Crippen molar-refractivity contribution in [1.82, 2.24) is 10.2 Å². The number of fused-ring (bicyclic) bond motifs is 1. The van der Waals surface area contributed by atoms with Gasteiger partial charge in [-0.3, -0.25) is 4.79 Å². The molecule has 0 radical (unpaired) electrons. The number of carbonyl (C=O) groups excluding carboxylic acids is 2. The number of hydrogen-bond acceptors (Lipinski definition) is 4. The summed E-state index contributed by atoms with van der Waals surface area (Å²) in [6, 6.07) is 8.23. The van der Waals surface area contributed by atoms with Gasteiger partial charge in [-0.1, -0.05) is 18.2 Å². The Bertz CT molecular complexity index is 743. The number of nitrogens with zero attached hydrogens (tertiary/aromatic N) is 1. The van der Waals surface area contributed by atoms with Gasteiger partial charge in [0.05, 0.1) is 12.5 Å². The third-order valence-electron chi connectivity index (χ3n) is 4.56. The Hall–Kier alpha value is -2.08. The van der Waals surface area contributed by atoms with Crippen molar-refractivity contribution >= 4 is 33.4 Å². The number of ether oxygens (including phenoxy) is 1. The highest BCUT2D eigenvalue weighted by molar-refractivity contribution is 7.17. The molecule has 2 aromatic rings. The Labute approximate surface area is 152 Å². The van der Waals surface area contributed by atoms with E-state index in [0.717, 1.165) is 19.3 Å². The lowest BCUT2D eigenvalue weighted by atomic mass is 9.98. The highest BCUT2D eigenvalue weighted by Crippen LogP contribution is 2.25. The summed E-state index contributed by atoms with van der Waals surface area (Å²) in [6.45, 7) is 3.94. The molecule has 1 aromatic carbocycles. The van der Waals surface area contributed by atoms with E-state index in [9.17, 15) is 9.59 Å². The van der Waals surface area contributed by atoms with Crippen LogP contribution >= 0.6 is 11.3 Å². The van der Waals surface area contributed by atoms with Gasteiger partial charge in [0.15, 0.2) is 0 Å². The zero-order chi connectivity index (χ0) is 17.6. The molecule has 0 aliphatic carbocycles. The standard InChI is InChI=1S/C19H24N2O3S/c1-2-24-18(22)14-6-5-11-21(12-14)19(23)20-10-9-15-13-25-17-8-4-3-7-16(15)17/h3-4,7-8,13-14H,2,5-6,9-12H2,1H3,(H,20,23). The lowest BCUT2D eigenvalue weighted by Crippen LogP contribution is -2.47. The second-order valence-corrected chi connectivity index (χ2v) is 7.19. The molecular formula is C19H24N2O3S. The summed E-state index contributed by atoms with van der Waals surface area (Å²) in [5.74, 6) is -0.384. The molecule has 1 saturated heterocycles. The van der Waals surface area contributed by atoms with Gasteiger partial charge in [0.1, 0.15) is 0 Å². The Morgan fingerprint density at radius 1 is 1.36 bits per heavy atom. The topological polar surface area (TPSA) is 58.6 Å². The minimum absolute atomic E-state index is 0.0893.